The van der Waals surface area contributed by atoms with Crippen LogP contribution >= 0.6 is 34.5 Å². The summed E-state index contributed by atoms with van der Waals surface area (Å²) in [5.74, 6) is 5.54. The molecular weight excluding hydrogens is 265 g/mol. The Hall–Kier alpha value is -0.650. The van der Waals surface area contributed by atoms with E-state index in [0.717, 1.165) is 10.4 Å². The second kappa shape index (κ2) is 5.12. The van der Waals surface area contributed by atoms with Gasteiger partial charge in [-0.05, 0) is 23.1 Å². The number of hydrazine groups is 1. The van der Waals surface area contributed by atoms with Crippen molar-refractivity contribution < 1.29 is 0 Å². The third-order valence-electron chi connectivity index (χ3n) is 2.16. The highest BCUT2D eigenvalue weighted by atomic mass is 35.5. The number of rotatable bonds is 3. The van der Waals surface area contributed by atoms with Crippen LogP contribution in [-0.2, 0) is 0 Å². The molecule has 0 aromatic carbocycles. The zero-order chi connectivity index (χ0) is 11.5. The minimum atomic E-state index is -0.155. The molecule has 6 heteroatoms. The molecule has 0 aliphatic rings. The van der Waals surface area contributed by atoms with Gasteiger partial charge in [-0.25, -0.2) is 10.4 Å². The van der Waals surface area contributed by atoms with Gasteiger partial charge < -0.3 is 0 Å². The quantitative estimate of drug-likeness (QED) is 0.514. The number of nitrogens with one attached hydrogen (secondary N) is 1. The van der Waals surface area contributed by atoms with Crippen LogP contribution in [0.2, 0.25) is 10.2 Å². The Kier molecular flexibility index (Phi) is 3.78. The molecule has 3 N–H and O–H groups in total. The number of hydrogen-bond acceptors (Lipinski definition) is 4. The molecule has 0 radical (unpaired) electrons. The molecule has 2 aromatic rings. The van der Waals surface area contributed by atoms with Gasteiger partial charge in [0.25, 0.3) is 0 Å². The van der Waals surface area contributed by atoms with E-state index in [1.54, 1.807) is 23.6 Å². The Morgan fingerprint density at radius 2 is 2.12 bits per heavy atom. The zero-order valence-electron chi connectivity index (χ0n) is 8.15. The van der Waals surface area contributed by atoms with Crippen molar-refractivity contribution in [3.05, 3.63) is 50.4 Å². The molecular formula is C10H9Cl2N3S. The van der Waals surface area contributed by atoms with E-state index in [1.165, 1.54) is 0 Å². The van der Waals surface area contributed by atoms with Crippen LogP contribution in [0.4, 0.5) is 0 Å². The van der Waals surface area contributed by atoms with Gasteiger partial charge in [0.15, 0.2) is 0 Å². The molecule has 2 heterocycles. The number of aromatic nitrogens is 1. The first-order valence-corrected chi connectivity index (χ1v) is 6.16. The second-order valence-electron chi connectivity index (χ2n) is 3.15. The lowest BCUT2D eigenvalue weighted by atomic mass is 10.1. The van der Waals surface area contributed by atoms with E-state index in [-0.39, 0.29) is 6.04 Å². The van der Waals surface area contributed by atoms with E-state index in [0.29, 0.717) is 10.2 Å². The van der Waals surface area contributed by atoms with Gasteiger partial charge in [-0.3, -0.25) is 5.84 Å². The number of nitrogens with two attached hydrogens (primary N) is 1. The highest BCUT2D eigenvalue weighted by Gasteiger charge is 2.17. The van der Waals surface area contributed by atoms with Crippen LogP contribution in [0.3, 0.4) is 0 Å². The number of pyridine rings is 1. The molecule has 0 amide bonds. The standard InChI is InChI=1S/C10H9Cl2N3S/c11-7-3-4-16-10(7)9(15-13)6-1-2-8(12)14-5-6/h1-5,9,15H,13H2. The summed E-state index contributed by atoms with van der Waals surface area (Å²) in [5.41, 5.74) is 3.65. The Morgan fingerprint density at radius 3 is 2.62 bits per heavy atom. The van der Waals surface area contributed by atoms with Crippen LogP contribution < -0.4 is 11.3 Å². The molecule has 1 unspecified atom stereocenters. The summed E-state index contributed by atoms with van der Waals surface area (Å²) in [7, 11) is 0. The summed E-state index contributed by atoms with van der Waals surface area (Å²) < 4.78 is 0. The van der Waals surface area contributed by atoms with Crippen LogP contribution in [0.1, 0.15) is 16.5 Å². The van der Waals surface area contributed by atoms with Gasteiger partial charge in [-0.15, -0.1) is 11.3 Å². The van der Waals surface area contributed by atoms with Crippen LogP contribution in [-0.4, -0.2) is 4.98 Å². The van der Waals surface area contributed by atoms with Crippen LogP contribution in [0, 0.1) is 0 Å². The lowest BCUT2D eigenvalue weighted by Crippen LogP contribution is -2.28. The maximum atomic E-state index is 6.06. The average Bonchev–Trinajstić information content (AvgIpc) is 2.69. The summed E-state index contributed by atoms with van der Waals surface area (Å²) >= 11 is 13.3. The first-order chi connectivity index (χ1) is 7.72. The van der Waals surface area contributed by atoms with E-state index >= 15 is 0 Å². The largest absolute Gasteiger partial charge is 0.271 e. The molecule has 0 fully saturated rings. The minimum absolute atomic E-state index is 0.155. The van der Waals surface area contributed by atoms with Crippen molar-refractivity contribution in [3.63, 3.8) is 0 Å². The third-order valence-corrected chi connectivity index (χ3v) is 3.80. The molecule has 2 aromatic heterocycles. The van der Waals surface area contributed by atoms with E-state index in [4.69, 9.17) is 29.0 Å². The van der Waals surface area contributed by atoms with Crippen LogP contribution in [0.15, 0.2) is 29.8 Å². The molecule has 0 bridgehead atoms. The summed E-state index contributed by atoms with van der Waals surface area (Å²) in [4.78, 5) is 4.98. The van der Waals surface area contributed by atoms with Crippen molar-refractivity contribution in [3.8, 4) is 0 Å². The summed E-state index contributed by atoms with van der Waals surface area (Å²) in [5, 5.41) is 3.07. The van der Waals surface area contributed by atoms with Crippen molar-refractivity contribution in [1.29, 1.82) is 0 Å². The number of thiophene rings is 1. The molecule has 16 heavy (non-hydrogen) atoms. The van der Waals surface area contributed by atoms with E-state index in [9.17, 15) is 0 Å². The van der Waals surface area contributed by atoms with Gasteiger partial charge in [-0.2, -0.15) is 0 Å². The molecule has 0 spiro atoms. The lowest BCUT2D eigenvalue weighted by molar-refractivity contribution is 0.644. The highest BCUT2D eigenvalue weighted by Crippen LogP contribution is 2.32. The fourth-order valence-corrected chi connectivity index (χ4v) is 2.76. The van der Waals surface area contributed by atoms with Gasteiger partial charge in [0.05, 0.1) is 11.1 Å². The number of hydrogen-bond donors (Lipinski definition) is 2. The normalized spacial score (nSPS) is 12.7. The lowest BCUT2D eigenvalue weighted by Gasteiger charge is -2.14. The molecule has 84 valence electrons. The van der Waals surface area contributed by atoms with E-state index < -0.39 is 0 Å². The minimum Gasteiger partial charge on any atom is -0.271 e. The topological polar surface area (TPSA) is 50.9 Å². The fraction of sp³-hybridized carbons (Fsp3) is 0.100. The van der Waals surface area contributed by atoms with Gasteiger partial charge in [0.2, 0.25) is 0 Å². The Bertz CT molecular complexity index is 469. The third kappa shape index (κ3) is 2.36. The molecule has 0 aliphatic heterocycles. The summed E-state index contributed by atoms with van der Waals surface area (Å²) in [6.45, 7) is 0. The van der Waals surface area contributed by atoms with Crippen molar-refractivity contribution in [2.24, 2.45) is 5.84 Å². The van der Waals surface area contributed by atoms with Gasteiger partial charge in [-0.1, -0.05) is 29.3 Å². The summed E-state index contributed by atoms with van der Waals surface area (Å²) in [6.07, 6.45) is 1.68. The Morgan fingerprint density at radius 1 is 1.31 bits per heavy atom. The maximum Gasteiger partial charge on any atom is 0.129 e. The summed E-state index contributed by atoms with van der Waals surface area (Å²) in [6, 6.07) is 5.28. The van der Waals surface area contributed by atoms with E-state index in [1.807, 2.05) is 17.5 Å². The number of halogens is 2. The van der Waals surface area contributed by atoms with Crippen molar-refractivity contribution in [2.75, 3.05) is 0 Å². The first-order valence-electron chi connectivity index (χ1n) is 4.53. The van der Waals surface area contributed by atoms with Gasteiger partial charge in [0, 0.05) is 11.1 Å². The van der Waals surface area contributed by atoms with Crippen molar-refractivity contribution in [2.45, 2.75) is 6.04 Å². The SMILES string of the molecule is NNC(c1ccc(Cl)nc1)c1sccc1Cl. The van der Waals surface area contributed by atoms with Crippen molar-refractivity contribution >= 4 is 34.5 Å². The average molecular weight is 274 g/mol. The fourth-order valence-electron chi connectivity index (χ4n) is 1.39. The second-order valence-corrected chi connectivity index (χ2v) is 4.89. The Labute approximate surface area is 107 Å². The van der Waals surface area contributed by atoms with Gasteiger partial charge >= 0.3 is 0 Å². The smallest absolute Gasteiger partial charge is 0.129 e. The molecule has 1 atom stereocenters. The predicted octanol–water partition coefficient (Wildman–Crippen LogP) is 3.00. The molecule has 2 rings (SSSR count). The number of nitrogens with zero attached hydrogens (tertiary/aromatic N) is 1. The maximum absolute atomic E-state index is 6.06. The van der Waals surface area contributed by atoms with E-state index in [2.05, 4.69) is 10.4 Å². The monoisotopic (exact) mass is 273 g/mol. The molecule has 0 saturated carbocycles. The molecule has 0 aliphatic carbocycles. The van der Waals surface area contributed by atoms with Crippen LogP contribution in [0.25, 0.3) is 0 Å². The van der Waals surface area contributed by atoms with Gasteiger partial charge in [0.1, 0.15) is 5.15 Å². The predicted molar refractivity (Wildman–Crippen MR) is 67.7 cm³/mol. The zero-order valence-corrected chi connectivity index (χ0v) is 10.5. The molecule has 3 nitrogen and oxygen atoms in total. The highest BCUT2D eigenvalue weighted by molar-refractivity contribution is 7.10. The van der Waals surface area contributed by atoms with Crippen LogP contribution in [0.5, 0.6) is 0 Å². The van der Waals surface area contributed by atoms with Crippen molar-refractivity contribution in [1.82, 2.24) is 10.4 Å². The Balaban J connectivity index is 2.37. The molecule has 0 saturated heterocycles. The first kappa shape index (κ1) is 11.8.